The van der Waals surface area contributed by atoms with E-state index in [0.717, 1.165) is 16.5 Å². The number of fused-ring (bicyclic) bond motifs is 1. The lowest BCUT2D eigenvalue weighted by molar-refractivity contribution is 0.475. The number of hydrogen-bond acceptors (Lipinski definition) is 7. The van der Waals surface area contributed by atoms with E-state index in [1.54, 1.807) is 12.1 Å². The van der Waals surface area contributed by atoms with Crippen molar-refractivity contribution in [3.05, 3.63) is 77.9 Å². The van der Waals surface area contributed by atoms with Gasteiger partial charge in [-0.25, -0.2) is 0 Å². The Kier molecular flexibility index (Phi) is 5.32. The van der Waals surface area contributed by atoms with Gasteiger partial charge in [-0.05, 0) is 78.9 Å². The molecule has 4 N–H and O–H groups in total. The summed E-state index contributed by atoms with van der Waals surface area (Å²) in [4.78, 5) is 0. The van der Waals surface area contributed by atoms with Gasteiger partial charge in [0.05, 0.1) is 22.4 Å². The van der Waals surface area contributed by atoms with Gasteiger partial charge in [-0.15, -0.1) is 10.2 Å². The van der Waals surface area contributed by atoms with Crippen molar-refractivity contribution in [1.82, 2.24) is 0 Å². The zero-order valence-electron chi connectivity index (χ0n) is 17.1. The number of aromatic hydroxyl groups is 2. The van der Waals surface area contributed by atoms with Gasteiger partial charge in [0.1, 0.15) is 17.1 Å². The van der Waals surface area contributed by atoms with Crippen LogP contribution in [0.15, 0.2) is 87.2 Å². The van der Waals surface area contributed by atoms with E-state index in [-0.39, 0.29) is 11.5 Å². The first-order valence-corrected chi connectivity index (χ1v) is 9.67. The average Bonchev–Trinajstić information content (AvgIpc) is 2.75. The molecule has 0 saturated carbocycles. The Morgan fingerprint density at radius 2 is 1.23 bits per heavy atom. The van der Waals surface area contributed by atoms with E-state index in [0.29, 0.717) is 33.8 Å². The molecule has 0 aliphatic rings. The summed E-state index contributed by atoms with van der Waals surface area (Å²) in [7, 11) is 0. The summed E-state index contributed by atoms with van der Waals surface area (Å²) < 4.78 is 0. The summed E-state index contributed by atoms with van der Waals surface area (Å²) in [5, 5.41) is 38.6. The van der Waals surface area contributed by atoms with Gasteiger partial charge in [-0.1, -0.05) is 18.2 Å². The van der Waals surface area contributed by atoms with E-state index >= 15 is 0 Å². The average molecular weight is 411 g/mol. The van der Waals surface area contributed by atoms with Crippen molar-refractivity contribution in [2.45, 2.75) is 13.8 Å². The molecule has 0 bridgehead atoms. The molecule has 0 aliphatic heterocycles. The van der Waals surface area contributed by atoms with Gasteiger partial charge < -0.3 is 15.9 Å². The molecule has 0 aliphatic carbocycles. The summed E-state index contributed by atoms with van der Waals surface area (Å²) in [5.41, 5.74) is 10.4. The van der Waals surface area contributed by atoms with Crippen molar-refractivity contribution in [3.63, 3.8) is 0 Å². The van der Waals surface area contributed by atoms with Gasteiger partial charge in [-0.3, -0.25) is 0 Å². The maximum atomic E-state index is 11.0. The summed E-state index contributed by atoms with van der Waals surface area (Å²) in [6.45, 7) is 3.75. The van der Waals surface area contributed by atoms with E-state index in [4.69, 9.17) is 5.73 Å². The zero-order chi connectivity index (χ0) is 22.0. The normalized spacial score (nSPS) is 11.7. The van der Waals surface area contributed by atoms with Crippen LogP contribution in [0.5, 0.6) is 11.5 Å². The largest absolute Gasteiger partial charge is 0.508 e. The van der Waals surface area contributed by atoms with Crippen LogP contribution in [0.3, 0.4) is 0 Å². The maximum Gasteiger partial charge on any atom is 0.153 e. The lowest BCUT2D eigenvalue weighted by Crippen LogP contribution is -1.92. The first kappa shape index (κ1) is 20.0. The molecular weight excluding hydrogens is 390 g/mol. The Balaban J connectivity index is 1.81. The summed E-state index contributed by atoms with van der Waals surface area (Å²) >= 11 is 0. The Morgan fingerprint density at radius 1 is 0.677 bits per heavy atom. The molecule has 0 radical (unpaired) electrons. The fraction of sp³-hybridized carbons (Fsp3) is 0.0833. The predicted octanol–water partition coefficient (Wildman–Crippen LogP) is 7.28. The third kappa shape index (κ3) is 4.06. The molecule has 0 aromatic heterocycles. The number of phenolic OH excluding ortho intramolecular Hbond substituents is 2. The van der Waals surface area contributed by atoms with Crippen molar-refractivity contribution >= 4 is 39.2 Å². The van der Waals surface area contributed by atoms with Crippen LogP contribution in [0.25, 0.3) is 10.8 Å². The quantitative estimate of drug-likeness (QED) is 0.242. The second kappa shape index (κ2) is 8.23. The molecule has 4 rings (SSSR count). The molecule has 0 saturated heterocycles. The van der Waals surface area contributed by atoms with Crippen molar-refractivity contribution in [3.8, 4) is 11.5 Å². The van der Waals surface area contributed by atoms with E-state index in [1.165, 1.54) is 12.1 Å². The second-order valence-electron chi connectivity index (χ2n) is 7.20. The van der Waals surface area contributed by atoms with E-state index < -0.39 is 0 Å². The number of benzene rings is 4. The first-order valence-electron chi connectivity index (χ1n) is 9.67. The van der Waals surface area contributed by atoms with Gasteiger partial charge >= 0.3 is 0 Å². The second-order valence-corrected chi connectivity index (χ2v) is 7.20. The number of nitrogens with two attached hydrogens (primary N) is 1. The first-order chi connectivity index (χ1) is 14.9. The Labute approximate surface area is 179 Å². The fourth-order valence-electron chi connectivity index (χ4n) is 3.33. The molecule has 0 heterocycles. The molecule has 7 nitrogen and oxygen atoms in total. The van der Waals surface area contributed by atoms with Gasteiger partial charge in [0.2, 0.25) is 0 Å². The van der Waals surface area contributed by atoms with E-state index in [9.17, 15) is 10.2 Å². The smallest absolute Gasteiger partial charge is 0.153 e. The summed E-state index contributed by atoms with van der Waals surface area (Å²) in [5.74, 6) is 0.103. The topological polar surface area (TPSA) is 116 Å². The Bertz CT molecular complexity index is 1310. The number of nitrogen functional groups attached to an aromatic ring is 1. The SMILES string of the molecule is Cc1cc2cc(C)c(N=Nc3ccccc3)c(O)c2c(N)c1N=Nc1ccc(O)cc1. The molecular formula is C24H21N5O2. The third-order valence-electron chi connectivity index (χ3n) is 4.90. The van der Waals surface area contributed by atoms with Gasteiger partial charge in [0, 0.05) is 0 Å². The van der Waals surface area contributed by atoms with E-state index in [2.05, 4.69) is 20.5 Å². The molecule has 4 aromatic rings. The molecule has 0 unspecified atom stereocenters. The van der Waals surface area contributed by atoms with Crippen LogP contribution in [0.1, 0.15) is 11.1 Å². The van der Waals surface area contributed by atoms with Crippen LogP contribution in [0.2, 0.25) is 0 Å². The predicted molar refractivity (Wildman–Crippen MR) is 122 cm³/mol. The lowest BCUT2D eigenvalue weighted by atomic mass is 9.99. The molecule has 7 heteroatoms. The minimum atomic E-state index is -0.0479. The van der Waals surface area contributed by atoms with Gasteiger partial charge in [-0.2, -0.15) is 10.2 Å². The molecule has 0 amide bonds. The minimum Gasteiger partial charge on any atom is -0.508 e. The molecule has 0 atom stereocenters. The van der Waals surface area contributed by atoms with Crippen LogP contribution in [-0.2, 0) is 0 Å². The molecule has 154 valence electrons. The van der Waals surface area contributed by atoms with E-state index in [1.807, 2.05) is 56.3 Å². The maximum absolute atomic E-state index is 11.0. The van der Waals surface area contributed by atoms with Crippen molar-refractivity contribution in [2.75, 3.05) is 5.73 Å². The fourth-order valence-corrected chi connectivity index (χ4v) is 3.33. The Hall–Kier alpha value is -4.26. The highest BCUT2D eigenvalue weighted by Crippen LogP contribution is 2.45. The zero-order valence-corrected chi connectivity index (χ0v) is 17.1. The van der Waals surface area contributed by atoms with Crippen molar-refractivity contribution in [1.29, 1.82) is 0 Å². The third-order valence-corrected chi connectivity index (χ3v) is 4.90. The number of nitrogens with zero attached hydrogens (tertiary/aromatic N) is 4. The number of phenols is 2. The molecule has 0 fully saturated rings. The number of aryl methyl sites for hydroxylation is 2. The highest BCUT2D eigenvalue weighted by atomic mass is 16.3. The minimum absolute atomic E-state index is 0.0479. The van der Waals surface area contributed by atoms with Crippen LogP contribution >= 0.6 is 0 Å². The van der Waals surface area contributed by atoms with Crippen LogP contribution < -0.4 is 5.73 Å². The van der Waals surface area contributed by atoms with Crippen LogP contribution in [0.4, 0.5) is 28.4 Å². The summed E-state index contributed by atoms with van der Waals surface area (Å²) in [6.07, 6.45) is 0. The molecule has 4 aromatic carbocycles. The number of azo groups is 2. The number of anilines is 1. The van der Waals surface area contributed by atoms with Crippen LogP contribution in [-0.4, -0.2) is 10.2 Å². The highest BCUT2D eigenvalue weighted by Gasteiger charge is 2.17. The lowest BCUT2D eigenvalue weighted by Gasteiger charge is -2.13. The number of rotatable bonds is 4. The summed E-state index contributed by atoms with van der Waals surface area (Å²) in [6, 6.07) is 19.5. The standard InChI is InChI=1S/C24H21N5O2/c1-14-12-16-13-15(2)23(29-26-17-6-4-3-5-7-17)24(31)20(16)21(25)22(14)28-27-18-8-10-19(30)11-9-18/h3-13,30-31H,25H2,1-2H3. The number of hydrogen-bond donors (Lipinski definition) is 3. The van der Waals surface area contributed by atoms with Crippen molar-refractivity contribution < 1.29 is 10.2 Å². The van der Waals surface area contributed by atoms with Crippen molar-refractivity contribution in [2.24, 2.45) is 20.5 Å². The van der Waals surface area contributed by atoms with Gasteiger partial charge in [0.15, 0.2) is 5.75 Å². The molecule has 31 heavy (non-hydrogen) atoms. The Morgan fingerprint density at radius 3 is 1.87 bits per heavy atom. The van der Waals surface area contributed by atoms with Crippen LogP contribution in [0, 0.1) is 13.8 Å². The monoisotopic (exact) mass is 411 g/mol. The van der Waals surface area contributed by atoms with Gasteiger partial charge in [0.25, 0.3) is 0 Å². The molecule has 0 spiro atoms. The highest BCUT2D eigenvalue weighted by molar-refractivity contribution is 6.06.